The van der Waals surface area contributed by atoms with E-state index in [1.165, 1.54) is 6.07 Å². The lowest BCUT2D eigenvalue weighted by Crippen LogP contribution is -2.33. The molecule has 1 saturated heterocycles. The minimum Gasteiger partial charge on any atom is -0.321 e. The van der Waals surface area contributed by atoms with Gasteiger partial charge < -0.3 is 4.90 Å². The highest BCUT2D eigenvalue weighted by Gasteiger charge is 2.39. The average molecular weight is 310 g/mol. The fourth-order valence-corrected chi connectivity index (χ4v) is 3.06. The van der Waals surface area contributed by atoms with Gasteiger partial charge in [0.25, 0.3) is 0 Å². The first-order valence-corrected chi connectivity index (χ1v) is 8.88. The number of rotatable bonds is 7. The van der Waals surface area contributed by atoms with Gasteiger partial charge in [-0.15, -0.1) is 0 Å². The predicted octanol–water partition coefficient (Wildman–Crippen LogP) is 3.18. The van der Waals surface area contributed by atoms with Crippen molar-refractivity contribution in [1.82, 2.24) is 10.2 Å². The molecular weight excluding hydrogens is 287 g/mol. The molecule has 1 fully saturated rings. The van der Waals surface area contributed by atoms with Crippen LogP contribution in [0.5, 0.6) is 0 Å². The molecule has 1 aromatic rings. The Morgan fingerprint density at radius 1 is 1.38 bits per heavy atom. The summed E-state index contributed by atoms with van der Waals surface area (Å²) < 4.78 is 14.1. The summed E-state index contributed by atoms with van der Waals surface area (Å²) in [6, 6.07) is 6.52. The van der Waals surface area contributed by atoms with Crippen LogP contribution in [0.15, 0.2) is 24.3 Å². The lowest BCUT2D eigenvalue weighted by molar-refractivity contribution is -0.130. The minimum absolute atomic E-state index is 0.103. The van der Waals surface area contributed by atoms with Crippen molar-refractivity contribution in [3.63, 3.8) is 0 Å². The number of carbonyl (C=O) groups excluding carboxylic acids is 1. The van der Waals surface area contributed by atoms with Gasteiger partial charge in [0.15, 0.2) is 0 Å². The van der Waals surface area contributed by atoms with Crippen molar-refractivity contribution < 1.29 is 9.18 Å². The molecule has 1 aliphatic heterocycles. The smallest absolute Gasteiger partial charge is 0.241 e. The Labute approximate surface area is 130 Å². The Kier molecular flexibility index (Phi) is 6.06. The van der Waals surface area contributed by atoms with E-state index in [0.717, 1.165) is 25.0 Å². The largest absolute Gasteiger partial charge is 0.321 e. The number of hydrogen-bond donors (Lipinski definition) is 1. The number of amides is 1. The highest BCUT2D eigenvalue weighted by Crippen LogP contribution is 2.28. The molecule has 3 nitrogen and oxygen atoms in total. The Hall–Kier alpha value is -1.07. The first-order valence-electron chi connectivity index (χ1n) is 7.49. The van der Waals surface area contributed by atoms with Crippen LogP contribution in [-0.2, 0) is 4.79 Å². The monoisotopic (exact) mass is 310 g/mol. The Morgan fingerprint density at radius 2 is 2.14 bits per heavy atom. The molecule has 2 atom stereocenters. The first kappa shape index (κ1) is 16.3. The van der Waals surface area contributed by atoms with E-state index in [1.54, 1.807) is 28.8 Å². The second kappa shape index (κ2) is 7.80. The summed E-state index contributed by atoms with van der Waals surface area (Å²) in [4.78, 5) is 14.3. The topological polar surface area (TPSA) is 32.3 Å². The third kappa shape index (κ3) is 3.77. The number of hydrogen-bond acceptors (Lipinski definition) is 3. The zero-order chi connectivity index (χ0) is 15.2. The van der Waals surface area contributed by atoms with Crippen LogP contribution in [0, 0.1) is 5.82 Å². The van der Waals surface area contributed by atoms with Crippen LogP contribution in [0.4, 0.5) is 4.39 Å². The molecule has 5 heteroatoms. The zero-order valence-corrected chi connectivity index (χ0v) is 13.5. The summed E-state index contributed by atoms with van der Waals surface area (Å²) in [5.41, 5.74) is 0.561. The normalized spacial score (nSPS) is 22.0. The summed E-state index contributed by atoms with van der Waals surface area (Å²) in [6.45, 7) is 2.76. The summed E-state index contributed by atoms with van der Waals surface area (Å²) in [7, 11) is 0. The van der Waals surface area contributed by atoms with E-state index >= 15 is 0 Å². The van der Waals surface area contributed by atoms with Crippen molar-refractivity contribution in [3.05, 3.63) is 35.6 Å². The molecule has 2 unspecified atom stereocenters. The van der Waals surface area contributed by atoms with Crippen LogP contribution in [0.1, 0.15) is 37.9 Å². The third-order valence-electron chi connectivity index (χ3n) is 3.83. The highest BCUT2D eigenvalue weighted by molar-refractivity contribution is 7.98. The van der Waals surface area contributed by atoms with E-state index in [4.69, 9.17) is 0 Å². The molecule has 0 saturated carbocycles. The lowest BCUT2D eigenvalue weighted by atomic mass is 10.1. The van der Waals surface area contributed by atoms with Gasteiger partial charge in [0, 0.05) is 17.9 Å². The van der Waals surface area contributed by atoms with Crippen molar-refractivity contribution in [2.45, 2.75) is 38.4 Å². The Balaban J connectivity index is 2.20. The second-order valence-corrected chi connectivity index (χ2v) is 6.30. The molecule has 0 spiro atoms. The van der Waals surface area contributed by atoms with Crippen molar-refractivity contribution >= 4 is 17.7 Å². The first-order chi connectivity index (χ1) is 10.2. The summed E-state index contributed by atoms with van der Waals surface area (Å²) in [6.07, 6.45) is 4.55. The molecule has 1 N–H and O–H groups in total. The fraction of sp³-hybridized carbons (Fsp3) is 0.562. The maximum absolute atomic E-state index is 14.1. The Bertz CT molecular complexity index is 483. The molecule has 1 amide bonds. The average Bonchev–Trinajstić information content (AvgIpc) is 2.80. The van der Waals surface area contributed by atoms with Gasteiger partial charge in [0.05, 0.1) is 6.04 Å². The maximum atomic E-state index is 14.1. The highest BCUT2D eigenvalue weighted by atomic mass is 32.2. The van der Waals surface area contributed by atoms with E-state index in [0.29, 0.717) is 12.1 Å². The molecule has 0 aromatic heterocycles. The van der Waals surface area contributed by atoms with Crippen molar-refractivity contribution in [2.75, 3.05) is 18.6 Å². The molecule has 116 valence electrons. The summed E-state index contributed by atoms with van der Waals surface area (Å²) >= 11 is 1.70. The van der Waals surface area contributed by atoms with Gasteiger partial charge in [0.1, 0.15) is 12.0 Å². The van der Waals surface area contributed by atoms with Gasteiger partial charge in [0.2, 0.25) is 5.91 Å². The molecule has 0 bridgehead atoms. The molecule has 1 aromatic carbocycles. The lowest BCUT2D eigenvalue weighted by Gasteiger charge is -2.24. The fourth-order valence-electron chi connectivity index (χ4n) is 2.68. The van der Waals surface area contributed by atoms with Gasteiger partial charge in [-0.25, -0.2) is 4.39 Å². The van der Waals surface area contributed by atoms with Crippen LogP contribution in [0.25, 0.3) is 0 Å². The maximum Gasteiger partial charge on any atom is 0.241 e. The summed E-state index contributed by atoms with van der Waals surface area (Å²) in [5.74, 6) is 0.706. The van der Waals surface area contributed by atoms with Gasteiger partial charge in [-0.05, 0) is 18.7 Å². The Morgan fingerprint density at radius 3 is 2.81 bits per heavy atom. The minimum atomic E-state index is -0.340. The summed E-state index contributed by atoms with van der Waals surface area (Å²) in [5, 5.41) is 3.32. The van der Waals surface area contributed by atoms with Crippen molar-refractivity contribution in [1.29, 1.82) is 0 Å². The zero-order valence-electron chi connectivity index (χ0n) is 12.6. The van der Waals surface area contributed by atoms with Crippen LogP contribution in [-0.4, -0.2) is 35.4 Å². The molecule has 21 heavy (non-hydrogen) atoms. The van der Waals surface area contributed by atoms with Gasteiger partial charge in [-0.2, -0.15) is 11.8 Å². The molecule has 1 aliphatic rings. The third-order valence-corrected chi connectivity index (χ3v) is 4.43. The van der Waals surface area contributed by atoms with Crippen LogP contribution in [0.2, 0.25) is 0 Å². The van der Waals surface area contributed by atoms with Crippen molar-refractivity contribution in [3.8, 4) is 0 Å². The number of thioether (sulfide) groups is 1. The molecule has 1 heterocycles. The molecular formula is C16H23FN2OS. The second-order valence-electron chi connectivity index (χ2n) is 5.31. The van der Waals surface area contributed by atoms with Crippen LogP contribution in [0.3, 0.4) is 0 Å². The predicted molar refractivity (Wildman–Crippen MR) is 85.7 cm³/mol. The van der Waals surface area contributed by atoms with E-state index in [-0.39, 0.29) is 23.9 Å². The van der Waals surface area contributed by atoms with E-state index < -0.39 is 0 Å². The number of nitrogens with zero attached hydrogens (tertiary/aromatic N) is 1. The van der Waals surface area contributed by atoms with Gasteiger partial charge in [-0.3, -0.25) is 10.1 Å². The van der Waals surface area contributed by atoms with Crippen LogP contribution < -0.4 is 5.32 Å². The molecule has 0 radical (unpaired) electrons. The van der Waals surface area contributed by atoms with E-state index in [2.05, 4.69) is 12.2 Å². The van der Waals surface area contributed by atoms with Crippen molar-refractivity contribution in [2.24, 2.45) is 0 Å². The molecule has 2 rings (SSSR count). The van der Waals surface area contributed by atoms with E-state index in [1.807, 2.05) is 12.3 Å². The van der Waals surface area contributed by atoms with Gasteiger partial charge in [-0.1, -0.05) is 38.0 Å². The quantitative estimate of drug-likeness (QED) is 0.839. The SMILES string of the molecule is CCCCC1NC(c2ccccc2F)N(CCSC)C1=O. The number of carbonyl (C=O) groups is 1. The van der Waals surface area contributed by atoms with E-state index in [9.17, 15) is 9.18 Å². The number of nitrogens with one attached hydrogen (secondary N) is 1. The molecule has 0 aliphatic carbocycles. The van der Waals surface area contributed by atoms with Gasteiger partial charge >= 0.3 is 0 Å². The standard InChI is InChI=1S/C16H23FN2OS/c1-3-4-9-14-16(20)19(10-11-21-2)15(18-14)12-7-5-6-8-13(12)17/h5-8,14-15,18H,3-4,9-11H2,1-2H3. The van der Waals surface area contributed by atoms with Crippen LogP contribution >= 0.6 is 11.8 Å². The number of unbranched alkanes of at least 4 members (excludes halogenated alkanes) is 1. The number of benzene rings is 1. The number of halogens is 1.